The Hall–Kier alpha value is -1.73. The van der Waals surface area contributed by atoms with Gasteiger partial charge in [0.05, 0.1) is 6.61 Å². The molecule has 0 amide bonds. The van der Waals surface area contributed by atoms with Crippen LogP contribution >= 0.6 is 0 Å². The number of ether oxygens (including phenoxy) is 1. The van der Waals surface area contributed by atoms with Crippen molar-refractivity contribution in [3.63, 3.8) is 0 Å². The summed E-state index contributed by atoms with van der Waals surface area (Å²) in [6.07, 6.45) is 2.00. The molecule has 6 nitrogen and oxygen atoms in total. The molecule has 0 unspecified atom stereocenters. The summed E-state index contributed by atoms with van der Waals surface area (Å²) in [7, 11) is 0.578. The second-order valence-corrected chi connectivity index (χ2v) is 5.09. The Morgan fingerprint density at radius 2 is 2.19 bits per heavy atom. The van der Waals surface area contributed by atoms with Crippen LogP contribution in [0, 0.1) is 0 Å². The van der Waals surface area contributed by atoms with E-state index in [4.69, 9.17) is 25.3 Å². The first-order chi connectivity index (χ1) is 9.90. The van der Waals surface area contributed by atoms with Gasteiger partial charge in [-0.15, -0.1) is 0 Å². The number of hydrogen-bond acceptors (Lipinski definition) is 5. The zero-order valence-electron chi connectivity index (χ0n) is 12.3. The van der Waals surface area contributed by atoms with Crippen molar-refractivity contribution in [1.29, 1.82) is 0 Å². The minimum atomic E-state index is -1.38. The highest BCUT2D eigenvalue weighted by Crippen LogP contribution is 2.28. The molecule has 0 heterocycles. The third kappa shape index (κ3) is 5.28. The van der Waals surface area contributed by atoms with E-state index in [1.165, 1.54) is 6.92 Å². The van der Waals surface area contributed by atoms with E-state index >= 15 is 0 Å². The lowest BCUT2D eigenvalue weighted by Gasteiger charge is -2.21. The number of nitrogens with two attached hydrogens (primary N) is 1. The maximum Gasteiger partial charge on any atom is 0.569 e. The third-order valence-electron chi connectivity index (χ3n) is 3.03. The van der Waals surface area contributed by atoms with Crippen LogP contribution in [0.1, 0.15) is 32.3 Å². The predicted molar refractivity (Wildman–Crippen MR) is 79.4 cm³/mol. The number of carbonyl (C=O) groups is 1. The second-order valence-electron chi connectivity index (χ2n) is 5.09. The quantitative estimate of drug-likeness (QED) is 0.466. The summed E-state index contributed by atoms with van der Waals surface area (Å²) in [6, 6.07) is 4.91. The summed E-state index contributed by atoms with van der Waals surface area (Å²) in [5, 5.41) is 17.8. The van der Waals surface area contributed by atoms with Gasteiger partial charge >= 0.3 is 13.7 Å². The van der Waals surface area contributed by atoms with Crippen LogP contribution in [0.2, 0.25) is 0 Å². The Morgan fingerprint density at radius 3 is 2.76 bits per heavy atom. The maximum atomic E-state index is 11.1. The largest absolute Gasteiger partial charge is 0.569 e. The highest BCUT2D eigenvalue weighted by molar-refractivity contribution is 6.17. The average molecular weight is 294 g/mol. The van der Waals surface area contributed by atoms with E-state index in [1.807, 2.05) is 6.92 Å². The van der Waals surface area contributed by atoms with E-state index in [9.17, 15) is 4.79 Å². The molecule has 7 heteroatoms. The number of carboxylic acid groups (broad SMARTS) is 1. The molecule has 0 spiro atoms. The number of benzene rings is 1. The Morgan fingerprint density at radius 1 is 1.48 bits per heavy atom. The minimum Gasteiger partial charge on any atom is -0.537 e. The molecule has 1 aromatic rings. The number of carboxylic acids is 1. The van der Waals surface area contributed by atoms with Crippen LogP contribution in [-0.2, 0) is 11.2 Å². The van der Waals surface area contributed by atoms with Crippen molar-refractivity contribution >= 4 is 13.7 Å². The Kier molecular flexibility index (Phi) is 6.52. The average Bonchev–Trinajstić information content (AvgIpc) is 2.41. The van der Waals surface area contributed by atoms with E-state index in [-0.39, 0.29) is 6.42 Å². The lowest BCUT2D eigenvalue weighted by molar-refractivity contribution is -0.142. The van der Waals surface area contributed by atoms with E-state index in [1.54, 1.807) is 18.2 Å². The molecule has 21 heavy (non-hydrogen) atoms. The van der Waals surface area contributed by atoms with E-state index < -0.39 is 11.5 Å². The van der Waals surface area contributed by atoms with E-state index in [0.29, 0.717) is 31.4 Å². The van der Waals surface area contributed by atoms with Crippen LogP contribution in [0.15, 0.2) is 18.2 Å². The van der Waals surface area contributed by atoms with Crippen molar-refractivity contribution in [1.82, 2.24) is 0 Å². The fourth-order valence-corrected chi connectivity index (χ4v) is 1.75. The van der Waals surface area contributed by atoms with Crippen molar-refractivity contribution in [2.75, 3.05) is 6.61 Å². The maximum absolute atomic E-state index is 11.1. The number of rotatable bonds is 9. The zero-order chi connectivity index (χ0) is 15.9. The van der Waals surface area contributed by atoms with E-state index in [2.05, 4.69) is 0 Å². The third-order valence-corrected chi connectivity index (χ3v) is 3.03. The van der Waals surface area contributed by atoms with Gasteiger partial charge in [-0.2, -0.15) is 0 Å². The molecule has 4 N–H and O–H groups in total. The molecule has 0 aromatic heterocycles. The van der Waals surface area contributed by atoms with Crippen molar-refractivity contribution in [2.45, 2.75) is 38.6 Å². The normalized spacial score (nSPS) is 13.3. The Bertz CT molecular complexity index is 478. The number of hydrogen-bond donors (Lipinski definition) is 3. The second kappa shape index (κ2) is 7.90. The van der Waals surface area contributed by atoms with Gasteiger partial charge in [0.2, 0.25) is 0 Å². The summed E-state index contributed by atoms with van der Waals surface area (Å²) in [5.41, 5.74) is 5.08. The van der Waals surface area contributed by atoms with Gasteiger partial charge in [0.15, 0.2) is 0 Å². The van der Waals surface area contributed by atoms with Crippen molar-refractivity contribution in [3.05, 3.63) is 23.8 Å². The topological polar surface area (TPSA) is 102 Å². The molecule has 0 fully saturated rings. The van der Waals surface area contributed by atoms with Gasteiger partial charge in [-0.3, -0.25) is 4.79 Å². The van der Waals surface area contributed by atoms with Gasteiger partial charge in [-0.25, -0.2) is 0 Å². The number of unbranched alkanes of at least 4 members (excludes halogenated alkanes) is 1. The van der Waals surface area contributed by atoms with Crippen LogP contribution in [0.25, 0.3) is 0 Å². The fourth-order valence-electron chi connectivity index (χ4n) is 1.75. The highest BCUT2D eigenvalue weighted by Gasteiger charge is 2.29. The van der Waals surface area contributed by atoms with Crippen LogP contribution in [-0.4, -0.2) is 35.9 Å². The molecule has 1 atom stereocenters. The van der Waals surface area contributed by atoms with Gasteiger partial charge in [0, 0.05) is 12.5 Å². The fraction of sp³-hybridized carbons (Fsp3) is 0.500. The molecule has 0 saturated carbocycles. The van der Waals surface area contributed by atoms with Crippen LogP contribution in [0.3, 0.4) is 0 Å². The van der Waals surface area contributed by atoms with Crippen molar-refractivity contribution in [3.8, 4) is 11.5 Å². The molecule has 0 aliphatic heterocycles. The molecule has 0 saturated heterocycles. The highest BCUT2D eigenvalue weighted by atomic mass is 16.5. The van der Waals surface area contributed by atoms with Gasteiger partial charge < -0.3 is 25.3 Å². The molecular weight excluding hydrogens is 273 g/mol. The van der Waals surface area contributed by atoms with Crippen LogP contribution < -0.4 is 15.1 Å². The summed E-state index contributed by atoms with van der Waals surface area (Å²) in [4.78, 5) is 11.1. The molecule has 115 valence electrons. The first-order valence-corrected chi connectivity index (χ1v) is 6.81. The van der Waals surface area contributed by atoms with Gasteiger partial charge in [-0.05, 0) is 25.0 Å². The van der Waals surface area contributed by atoms with Crippen molar-refractivity contribution in [2.24, 2.45) is 5.73 Å². The first kappa shape index (κ1) is 17.3. The molecular formula is C14H21BNO5. The standard InChI is InChI=1S/C14H21BNO5/c1-3-4-7-20-12-8-11(21-15-19)6-5-10(12)9-14(2,16)13(17)18/h5-6,8,19H,3-4,7,9,16H2,1-2H3,(H,17,18)/t14-/m0/s1. The van der Waals surface area contributed by atoms with Gasteiger partial charge in [0.25, 0.3) is 0 Å². The first-order valence-electron chi connectivity index (χ1n) is 6.81. The summed E-state index contributed by atoms with van der Waals surface area (Å²) in [5.74, 6) is -0.159. The molecule has 1 rings (SSSR count). The Balaban J connectivity index is 2.97. The summed E-state index contributed by atoms with van der Waals surface area (Å²) in [6.45, 7) is 4.02. The number of aliphatic carboxylic acids is 1. The molecule has 0 bridgehead atoms. The monoisotopic (exact) mass is 294 g/mol. The summed E-state index contributed by atoms with van der Waals surface area (Å²) >= 11 is 0. The SMILES string of the molecule is CCCCOc1cc(O[B]O)ccc1C[C@](C)(N)C(=O)O. The zero-order valence-corrected chi connectivity index (χ0v) is 12.3. The Labute approximate surface area is 125 Å². The van der Waals surface area contributed by atoms with Gasteiger partial charge in [0.1, 0.15) is 17.0 Å². The lowest BCUT2D eigenvalue weighted by atomic mass is 9.93. The van der Waals surface area contributed by atoms with Crippen LogP contribution in [0.4, 0.5) is 0 Å². The molecule has 1 aromatic carbocycles. The molecule has 1 radical (unpaired) electrons. The minimum absolute atomic E-state index is 0.132. The van der Waals surface area contributed by atoms with E-state index in [0.717, 1.165) is 12.8 Å². The van der Waals surface area contributed by atoms with Crippen molar-refractivity contribution < 1.29 is 24.3 Å². The smallest absolute Gasteiger partial charge is 0.537 e. The molecule has 0 aliphatic rings. The predicted octanol–water partition coefficient (Wildman–Crippen LogP) is 1.12. The molecule has 0 aliphatic carbocycles. The van der Waals surface area contributed by atoms with Crippen LogP contribution in [0.5, 0.6) is 11.5 Å². The van der Waals surface area contributed by atoms with Gasteiger partial charge in [-0.1, -0.05) is 19.4 Å². The lowest BCUT2D eigenvalue weighted by Crippen LogP contribution is -2.46. The summed E-state index contributed by atoms with van der Waals surface area (Å²) < 4.78 is 10.6.